The molecule has 6 heteroatoms. The standard InChI is InChI=1S/C13H27NO2.C13H25NO2/c2*1-16-13(15)11-9-7-5-3-2-4-6-8-10-12-14/h2-12,14H2,1H3;8,10H,2-7,9,11-12,14H2,1H3. The SMILES string of the molecule is COC(=O)CCCCCCCCC=CCN.COC(=O)CCCCCCCCCCCN. The molecule has 0 unspecified atom stereocenters. The van der Waals surface area contributed by atoms with Crippen LogP contribution < -0.4 is 11.5 Å². The van der Waals surface area contributed by atoms with Gasteiger partial charge in [-0.15, -0.1) is 0 Å². The monoisotopic (exact) mass is 456 g/mol. The first-order valence-electron chi connectivity index (χ1n) is 12.8. The molecule has 0 aliphatic heterocycles. The Morgan fingerprint density at radius 1 is 0.562 bits per heavy atom. The molecule has 0 heterocycles. The molecule has 0 atom stereocenters. The van der Waals surface area contributed by atoms with Gasteiger partial charge in [-0.25, -0.2) is 0 Å². The molecule has 0 radical (unpaired) electrons. The second-order valence-corrected chi connectivity index (χ2v) is 8.24. The van der Waals surface area contributed by atoms with Gasteiger partial charge in [0.25, 0.3) is 0 Å². The van der Waals surface area contributed by atoms with Crippen LogP contribution in [0.4, 0.5) is 0 Å². The van der Waals surface area contributed by atoms with E-state index >= 15 is 0 Å². The fourth-order valence-electron chi connectivity index (χ4n) is 3.31. The molecule has 0 spiro atoms. The Bertz CT molecular complexity index is 428. The van der Waals surface area contributed by atoms with Gasteiger partial charge in [-0.3, -0.25) is 9.59 Å². The maximum atomic E-state index is 10.8. The highest BCUT2D eigenvalue weighted by atomic mass is 16.5. The average Bonchev–Trinajstić information content (AvgIpc) is 2.81. The summed E-state index contributed by atoms with van der Waals surface area (Å²) in [6.45, 7) is 1.47. The predicted octanol–water partition coefficient (Wildman–Crippen LogP) is 5.81. The van der Waals surface area contributed by atoms with Crippen molar-refractivity contribution in [2.45, 2.75) is 116 Å². The first-order valence-corrected chi connectivity index (χ1v) is 12.8. The van der Waals surface area contributed by atoms with E-state index in [0.29, 0.717) is 19.4 Å². The Kier molecular flexibility index (Phi) is 30.3. The van der Waals surface area contributed by atoms with E-state index in [4.69, 9.17) is 11.5 Å². The summed E-state index contributed by atoms with van der Waals surface area (Å²) in [5, 5.41) is 0. The van der Waals surface area contributed by atoms with E-state index in [1.54, 1.807) is 0 Å². The minimum atomic E-state index is -0.0908. The van der Waals surface area contributed by atoms with E-state index < -0.39 is 0 Å². The molecular weight excluding hydrogens is 404 g/mol. The highest BCUT2D eigenvalue weighted by molar-refractivity contribution is 5.69. The number of carbonyl (C=O) groups is 2. The van der Waals surface area contributed by atoms with Gasteiger partial charge in [0.05, 0.1) is 14.2 Å². The molecule has 0 amide bonds. The van der Waals surface area contributed by atoms with Gasteiger partial charge in [0, 0.05) is 19.4 Å². The molecule has 0 aliphatic carbocycles. The molecule has 0 aromatic heterocycles. The van der Waals surface area contributed by atoms with Crippen molar-refractivity contribution in [2.24, 2.45) is 11.5 Å². The molecule has 0 aromatic rings. The second kappa shape index (κ2) is 29.6. The van der Waals surface area contributed by atoms with E-state index in [1.807, 2.05) is 6.08 Å². The van der Waals surface area contributed by atoms with Gasteiger partial charge >= 0.3 is 11.9 Å². The summed E-state index contributed by atoms with van der Waals surface area (Å²) in [5.41, 5.74) is 10.8. The van der Waals surface area contributed by atoms with Crippen molar-refractivity contribution in [1.29, 1.82) is 0 Å². The maximum Gasteiger partial charge on any atom is 0.305 e. The maximum absolute atomic E-state index is 10.8. The Labute approximate surface area is 197 Å². The van der Waals surface area contributed by atoms with E-state index in [9.17, 15) is 9.59 Å². The minimum absolute atomic E-state index is 0.0817. The Hall–Kier alpha value is -1.40. The van der Waals surface area contributed by atoms with Gasteiger partial charge in [0.1, 0.15) is 0 Å². The summed E-state index contributed by atoms with van der Waals surface area (Å²) < 4.78 is 9.16. The van der Waals surface area contributed by atoms with Gasteiger partial charge in [-0.2, -0.15) is 0 Å². The fraction of sp³-hybridized carbons (Fsp3) is 0.846. The average molecular weight is 457 g/mol. The third kappa shape index (κ3) is 30.8. The molecule has 0 rings (SSSR count). The third-order valence-corrected chi connectivity index (χ3v) is 5.34. The van der Waals surface area contributed by atoms with Gasteiger partial charge < -0.3 is 20.9 Å². The van der Waals surface area contributed by atoms with Crippen LogP contribution in [0.25, 0.3) is 0 Å². The number of esters is 2. The smallest absolute Gasteiger partial charge is 0.305 e. The van der Waals surface area contributed by atoms with Gasteiger partial charge in [-0.05, 0) is 38.6 Å². The van der Waals surface area contributed by atoms with Crippen molar-refractivity contribution < 1.29 is 19.1 Å². The highest BCUT2D eigenvalue weighted by Gasteiger charge is 1.99. The molecule has 0 aliphatic rings. The van der Waals surface area contributed by atoms with Crippen LogP contribution in [-0.2, 0) is 19.1 Å². The number of unbranched alkanes of at least 4 members (excludes halogenated alkanes) is 14. The number of nitrogens with two attached hydrogens (primary N) is 2. The number of hydrogen-bond acceptors (Lipinski definition) is 6. The summed E-state index contributed by atoms with van der Waals surface area (Å²) >= 11 is 0. The van der Waals surface area contributed by atoms with Crippen LogP contribution in [0, 0.1) is 0 Å². The zero-order valence-electron chi connectivity index (χ0n) is 21.1. The lowest BCUT2D eigenvalue weighted by Gasteiger charge is -2.01. The Morgan fingerprint density at radius 2 is 0.938 bits per heavy atom. The Morgan fingerprint density at radius 3 is 1.31 bits per heavy atom. The van der Waals surface area contributed by atoms with Crippen molar-refractivity contribution in [3.63, 3.8) is 0 Å². The topological polar surface area (TPSA) is 105 Å². The number of carbonyl (C=O) groups excluding carboxylic acids is 2. The van der Waals surface area contributed by atoms with E-state index in [2.05, 4.69) is 15.5 Å². The summed E-state index contributed by atoms with van der Waals surface area (Å²) in [5.74, 6) is -0.172. The molecule has 6 nitrogen and oxygen atoms in total. The van der Waals surface area contributed by atoms with Gasteiger partial charge in [0.2, 0.25) is 0 Å². The van der Waals surface area contributed by atoms with Crippen LogP contribution in [0.5, 0.6) is 0 Å². The number of methoxy groups -OCH3 is 2. The lowest BCUT2D eigenvalue weighted by molar-refractivity contribution is -0.141. The lowest BCUT2D eigenvalue weighted by Crippen LogP contribution is -1.99. The quantitative estimate of drug-likeness (QED) is 0.128. The van der Waals surface area contributed by atoms with Crippen molar-refractivity contribution in [1.82, 2.24) is 0 Å². The number of hydrogen-bond donors (Lipinski definition) is 2. The molecule has 190 valence electrons. The minimum Gasteiger partial charge on any atom is -0.469 e. The van der Waals surface area contributed by atoms with E-state index in [-0.39, 0.29) is 11.9 Å². The van der Waals surface area contributed by atoms with Crippen LogP contribution in [0.1, 0.15) is 116 Å². The van der Waals surface area contributed by atoms with Crippen molar-refractivity contribution in [3.05, 3.63) is 12.2 Å². The summed E-state index contributed by atoms with van der Waals surface area (Å²) in [7, 11) is 2.89. The molecule has 4 N–H and O–H groups in total. The fourth-order valence-corrected chi connectivity index (χ4v) is 3.31. The highest BCUT2D eigenvalue weighted by Crippen LogP contribution is 2.11. The molecular formula is C26H52N2O4. The molecule has 0 fully saturated rings. The largest absolute Gasteiger partial charge is 0.469 e. The number of rotatable bonds is 21. The van der Waals surface area contributed by atoms with Crippen LogP contribution in [-0.4, -0.2) is 39.2 Å². The number of ether oxygens (including phenoxy) is 2. The van der Waals surface area contributed by atoms with Crippen molar-refractivity contribution in [3.8, 4) is 0 Å². The summed E-state index contributed by atoms with van der Waals surface area (Å²) in [4.78, 5) is 21.6. The third-order valence-electron chi connectivity index (χ3n) is 5.34. The second-order valence-electron chi connectivity index (χ2n) is 8.24. The van der Waals surface area contributed by atoms with Gasteiger partial charge in [0.15, 0.2) is 0 Å². The zero-order chi connectivity index (χ0) is 24.1. The summed E-state index contributed by atoms with van der Waals surface area (Å²) in [6, 6.07) is 0. The number of allylic oxidation sites excluding steroid dienone is 1. The molecule has 0 saturated heterocycles. The van der Waals surface area contributed by atoms with Crippen LogP contribution in [0.3, 0.4) is 0 Å². The van der Waals surface area contributed by atoms with Crippen LogP contribution >= 0.6 is 0 Å². The first kappa shape index (κ1) is 32.8. The predicted molar refractivity (Wildman–Crippen MR) is 134 cm³/mol. The normalized spacial score (nSPS) is 10.6. The van der Waals surface area contributed by atoms with Crippen molar-refractivity contribution in [2.75, 3.05) is 27.3 Å². The van der Waals surface area contributed by atoms with Crippen LogP contribution in [0.2, 0.25) is 0 Å². The molecule has 0 aromatic carbocycles. The Balaban J connectivity index is 0. The van der Waals surface area contributed by atoms with Crippen molar-refractivity contribution >= 4 is 11.9 Å². The van der Waals surface area contributed by atoms with E-state index in [0.717, 1.165) is 38.6 Å². The molecule has 0 bridgehead atoms. The van der Waals surface area contributed by atoms with Gasteiger partial charge in [-0.1, -0.05) is 82.8 Å². The van der Waals surface area contributed by atoms with E-state index in [1.165, 1.54) is 84.8 Å². The zero-order valence-corrected chi connectivity index (χ0v) is 21.1. The first-order chi connectivity index (χ1) is 15.6. The lowest BCUT2D eigenvalue weighted by atomic mass is 10.1. The van der Waals surface area contributed by atoms with Crippen LogP contribution in [0.15, 0.2) is 12.2 Å². The molecule has 32 heavy (non-hydrogen) atoms. The molecule has 0 saturated carbocycles. The summed E-state index contributed by atoms with van der Waals surface area (Å²) in [6.07, 6.45) is 24.6.